The molecule has 384 valence electrons. The van der Waals surface area contributed by atoms with E-state index < -0.39 is 158 Å². The van der Waals surface area contributed by atoms with Crippen LogP contribution >= 0.6 is 0 Å². The summed E-state index contributed by atoms with van der Waals surface area (Å²) >= 11 is 0. The molecule has 13 N–H and O–H groups in total. The minimum absolute atomic E-state index is 0.0550. The molecule has 24 nitrogen and oxygen atoms in total. The number of phenolic OH excluding ortho intramolecular Hbond substituents is 1. The summed E-state index contributed by atoms with van der Waals surface area (Å²) in [6, 6.07) is 7.07. The van der Waals surface area contributed by atoms with Crippen molar-refractivity contribution in [2.24, 2.45) is 0 Å². The molecule has 0 spiro atoms. The quantitative estimate of drug-likeness (QED) is 0.0705. The Bertz CT molecular complexity index is 2300. The van der Waals surface area contributed by atoms with Crippen LogP contribution in [-0.2, 0) is 34.8 Å². The topological polar surface area (TPSA) is 376 Å². The summed E-state index contributed by atoms with van der Waals surface area (Å²) in [4.78, 5) is 15.0. The zero-order chi connectivity index (χ0) is 50.3. The normalized spacial score (nSPS) is 38.4. The van der Waals surface area contributed by atoms with Crippen molar-refractivity contribution in [3.63, 3.8) is 0 Å². The first-order valence-electron chi connectivity index (χ1n) is 22.1. The molecule has 69 heavy (non-hydrogen) atoms. The van der Waals surface area contributed by atoms with Crippen LogP contribution in [0.2, 0.25) is 0 Å². The van der Waals surface area contributed by atoms with Crippen molar-refractivity contribution in [3.05, 3.63) is 57.8 Å². The van der Waals surface area contributed by atoms with Gasteiger partial charge in [0.2, 0.25) is 23.8 Å². The Balaban J connectivity index is 1.35. The maximum absolute atomic E-state index is 15.0. The van der Waals surface area contributed by atoms with Crippen LogP contribution in [0.3, 0.4) is 0 Å². The van der Waals surface area contributed by atoms with Gasteiger partial charge in [-0.2, -0.15) is 0 Å². The highest BCUT2D eigenvalue weighted by atomic mass is 16.8. The number of phenols is 1. The zero-order valence-electron chi connectivity index (χ0n) is 37.9. The standard InChI is InChI=1S/C45H60O24/c1-15(2)6-11-20-22(63-45-41(34(57)29(52)24(14-47)65-45)69-43-36(59)32(55)28(51)23(13-46)64-43)12-21(48)25-30(53)39(37(66-38(20)25)18-7-9-19(60-5)10-8-18)67-44-40(33(56)27(50)17(4)62-44)68-42-35(58)31(54)26(49)16(3)61-42/h6-10,12,16-17,23-24,26-29,31-36,40-52,54-59H,11,13-14H2,1-5H3/t16-,17-,23+,24+,26-,27-,28+,29+,31+,32-,33+,34-,35+,36+,40+,41+,42-,43-,44-,45+/m0/s1. The fourth-order valence-corrected chi connectivity index (χ4v) is 8.40. The largest absolute Gasteiger partial charge is 0.507 e. The van der Waals surface area contributed by atoms with Crippen LogP contribution in [0.4, 0.5) is 0 Å². The summed E-state index contributed by atoms with van der Waals surface area (Å²) in [5, 5.41) is 139. The number of aliphatic hydroxyl groups excluding tert-OH is 12. The fraction of sp³-hybridized carbons (Fsp3) is 0.622. The number of hydrogen-bond donors (Lipinski definition) is 13. The lowest BCUT2D eigenvalue weighted by Crippen LogP contribution is -2.65. The number of aliphatic hydroxyl groups is 12. The maximum Gasteiger partial charge on any atom is 0.239 e. The first-order valence-corrected chi connectivity index (χ1v) is 22.1. The number of hydrogen-bond acceptors (Lipinski definition) is 24. The summed E-state index contributed by atoms with van der Waals surface area (Å²) in [5.41, 5.74) is -0.338. The molecule has 0 unspecified atom stereocenters. The monoisotopic (exact) mass is 984 g/mol. The lowest BCUT2D eigenvalue weighted by atomic mass is 9.97. The van der Waals surface area contributed by atoms with E-state index in [4.69, 9.17) is 47.0 Å². The molecule has 0 aliphatic carbocycles. The molecule has 0 bridgehead atoms. The van der Waals surface area contributed by atoms with Crippen molar-refractivity contribution >= 4 is 11.0 Å². The molecule has 3 aromatic rings. The number of allylic oxidation sites excluding steroid dienone is 2. The van der Waals surface area contributed by atoms with Crippen molar-refractivity contribution in [1.82, 2.24) is 0 Å². The molecule has 7 rings (SSSR count). The molecule has 20 atom stereocenters. The Morgan fingerprint density at radius 1 is 0.638 bits per heavy atom. The number of fused-ring (bicyclic) bond motifs is 1. The van der Waals surface area contributed by atoms with Crippen molar-refractivity contribution in [2.75, 3.05) is 20.3 Å². The van der Waals surface area contributed by atoms with Gasteiger partial charge < -0.3 is 113 Å². The fourth-order valence-electron chi connectivity index (χ4n) is 8.40. The van der Waals surface area contributed by atoms with Crippen LogP contribution in [0.5, 0.6) is 23.0 Å². The first-order chi connectivity index (χ1) is 32.7. The van der Waals surface area contributed by atoms with E-state index in [1.807, 2.05) is 0 Å². The second kappa shape index (κ2) is 21.7. The molecule has 4 aliphatic rings. The van der Waals surface area contributed by atoms with Crippen LogP contribution in [0, 0.1) is 0 Å². The third-order valence-electron chi connectivity index (χ3n) is 12.6. The van der Waals surface area contributed by atoms with E-state index in [2.05, 4.69) is 0 Å². The second-order valence-corrected chi connectivity index (χ2v) is 17.6. The average Bonchev–Trinajstić information content (AvgIpc) is 3.32. The number of methoxy groups -OCH3 is 1. The van der Waals surface area contributed by atoms with Gasteiger partial charge >= 0.3 is 0 Å². The molecule has 4 fully saturated rings. The third-order valence-corrected chi connectivity index (χ3v) is 12.6. The van der Waals surface area contributed by atoms with Gasteiger partial charge in [0.15, 0.2) is 30.5 Å². The van der Waals surface area contributed by atoms with Gasteiger partial charge in [-0.05, 0) is 58.4 Å². The van der Waals surface area contributed by atoms with Gasteiger partial charge in [0, 0.05) is 17.2 Å². The zero-order valence-corrected chi connectivity index (χ0v) is 37.9. The Kier molecular flexibility index (Phi) is 16.6. The van der Waals surface area contributed by atoms with Crippen molar-refractivity contribution in [1.29, 1.82) is 0 Å². The highest BCUT2D eigenvalue weighted by molar-refractivity contribution is 5.91. The highest BCUT2D eigenvalue weighted by Crippen LogP contribution is 2.43. The van der Waals surface area contributed by atoms with Gasteiger partial charge in [-0.15, -0.1) is 0 Å². The Labute approximate surface area is 393 Å². The summed E-state index contributed by atoms with van der Waals surface area (Å²) in [7, 11) is 1.42. The molecule has 1 aromatic heterocycles. The molecular formula is C45H60O24. The SMILES string of the molecule is COc1ccc(-c2oc3c(CC=C(C)C)c(O[C@@H]4O[C@H](CO)[C@@H](O)[C@H](O)[C@H]4O[C@@H]4O[C@H](CO)[C@@H](O)[C@H](O)[C@H]4O)cc(O)c3c(=O)c2O[C@@H]2O[C@@H](C)[C@H](O)[C@@H](O)[C@H]2O[C@@H]2O[C@@H](C)[C@H](O)[C@@H](O)[C@H]2O)cc1. The van der Waals surface area contributed by atoms with Gasteiger partial charge in [-0.1, -0.05) is 11.6 Å². The molecular weight excluding hydrogens is 924 g/mol. The maximum atomic E-state index is 15.0. The Morgan fingerprint density at radius 3 is 1.70 bits per heavy atom. The van der Waals surface area contributed by atoms with Gasteiger partial charge in [-0.25, -0.2) is 0 Å². The number of rotatable bonds is 14. The number of ether oxygens (including phenoxy) is 9. The predicted octanol–water partition coefficient (Wildman–Crippen LogP) is -3.26. The molecule has 4 saturated heterocycles. The summed E-state index contributed by atoms with van der Waals surface area (Å²) in [5.74, 6) is -1.60. The Hall–Kier alpha value is -4.13. The van der Waals surface area contributed by atoms with Crippen molar-refractivity contribution < 1.29 is 113 Å². The molecule has 0 radical (unpaired) electrons. The minimum atomic E-state index is -1.97. The number of aromatic hydroxyl groups is 1. The molecule has 0 amide bonds. The molecule has 5 heterocycles. The molecule has 2 aromatic carbocycles. The van der Waals surface area contributed by atoms with E-state index >= 15 is 4.79 Å². The van der Waals surface area contributed by atoms with Gasteiger partial charge in [0.25, 0.3) is 0 Å². The summed E-state index contributed by atoms with van der Waals surface area (Å²) < 4.78 is 59.0. The smallest absolute Gasteiger partial charge is 0.239 e. The van der Waals surface area contributed by atoms with Gasteiger partial charge in [0.1, 0.15) is 101 Å². The second-order valence-electron chi connectivity index (χ2n) is 17.6. The van der Waals surface area contributed by atoms with Crippen molar-refractivity contribution in [2.45, 2.75) is 157 Å². The summed E-state index contributed by atoms with van der Waals surface area (Å²) in [6.07, 6.45) is -32.5. The van der Waals surface area contributed by atoms with Crippen LogP contribution in [0.1, 0.15) is 33.3 Å². The highest BCUT2D eigenvalue weighted by Gasteiger charge is 2.53. The predicted molar refractivity (Wildman–Crippen MR) is 231 cm³/mol. The lowest BCUT2D eigenvalue weighted by Gasteiger charge is -2.45. The van der Waals surface area contributed by atoms with E-state index in [-0.39, 0.29) is 34.6 Å². The Morgan fingerprint density at radius 2 is 1.13 bits per heavy atom. The van der Waals surface area contributed by atoms with Crippen LogP contribution in [0.15, 0.2) is 51.2 Å². The average molecular weight is 985 g/mol. The third kappa shape index (κ3) is 10.5. The van der Waals surface area contributed by atoms with Crippen LogP contribution < -0.4 is 19.6 Å². The van der Waals surface area contributed by atoms with Gasteiger partial charge in [0.05, 0.1) is 32.5 Å². The van der Waals surface area contributed by atoms with E-state index in [1.165, 1.54) is 45.2 Å². The van der Waals surface area contributed by atoms with E-state index in [9.17, 15) is 66.4 Å². The first kappa shape index (κ1) is 52.7. The molecule has 4 aliphatic heterocycles. The summed E-state index contributed by atoms with van der Waals surface area (Å²) in [6.45, 7) is 4.63. The van der Waals surface area contributed by atoms with Crippen LogP contribution in [0.25, 0.3) is 22.3 Å². The molecule has 24 heteroatoms. The van der Waals surface area contributed by atoms with E-state index in [0.717, 1.165) is 11.6 Å². The van der Waals surface area contributed by atoms with E-state index in [0.29, 0.717) is 5.75 Å². The van der Waals surface area contributed by atoms with Crippen molar-refractivity contribution in [3.8, 4) is 34.3 Å². The molecule has 0 saturated carbocycles. The lowest BCUT2D eigenvalue weighted by molar-refractivity contribution is -0.357. The minimum Gasteiger partial charge on any atom is -0.507 e. The van der Waals surface area contributed by atoms with Gasteiger partial charge in [-0.3, -0.25) is 4.79 Å². The van der Waals surface area contributed by atoms with E-state index in [1.54, 1.807) is 19.9 Å². The number of benzene rings is 2. The van der Waals surface area contributed by atoms with Crippen LogP contribution in [-0.4, -0.2) is 210 Å².